The van der Waals surface area contributed by atoms with Crippen molar-refractivity contribution in [3.8, 4) is 10.4 Å². The number of benzene rings is 1. The van der Waals surface area contributed by atoms with Gasteiger partial charge in [-0.2, -0.15) is 0 Å². The summed E-state index contributed by atoms with van der Waals surface area (Å²) in [7, 11) is 0. The van der Waals surface area contributed by atoms with E-state index in [0.29, 0.717) is 0 Å². The summed E-state index contributed by atoms with van der Waals surface area (Å²) < 4.78 is 0. The summed E-state index contributed by atoms with van der Waals surface area (Å²) in [4.78, 5) is 5.89. The molecule has 0 bridgehead atoms. The lowest BCUT2D eigenvalue weighted by Crippen LogP contribution is -1.82. The van der Waals surface area contributed by atoms with Crippen LogP contribution in [0.4, 0.5) is 0 Å². The van der Waals surface area contributed by atoms with Crippen LogP contribution in [0.3, 0.4) is 0 Å². The van der Waals surface area contributed by atoms with E-state index in [2.05, 4.69) is 50.0 Å². The maximum absolute atomic E-state index is 4.57. The molecule has 0 atom stereocenters. The molecule has 0 aliphatic heterocycles. The molecule has 2 heteroatoms. The Hall–Kier alpha value is -1.15. The molecule has 0 unspecified atom stereocenters. The molecule has 0 fully saturated rings. The molecule has 0 radical (unpaired) electrons. The Kier molecular flexibility index (Phi) is 2.87. The predicted octanol–water partition coefficient (Wildman–Crippen LogP) is 3.99. The zero-order chi connectivity index (χ0) is 10.8. The second-order valence-electron chi connectivity index (χ2n) is 3.69. The number of aryl methyl sites for hydroxylation is 3. The zero-order valence-corrected chi connectivity index (χ0v) is 10.2. The van der Waals surface area contributed by atoms with E-state index in [-0.39, 0.29) is 0 Å². The smallest absolute Gasteiger partial charge is 0.0931 e. The van der Waals surface area contributed by atoms with Crippen LogP contribution in [-0.2, 0) is 6.42 Å². The first kappa shape index (κ1) is 10.4. The first-order valence-electron chi connectivity index (χ1n) is 5.24. The standard InChI is InChI=1S/C13H15NS/c1-4-12-14-10(3)13(15-12)11-8-6-5-7-9(11)2/h5-8H,4H2,1-3H3. The maximum Gasteiger partial charge on any atom is 0.0931 e. The topological polar surface area (TPSA) is 12.9 Å². The highest BCUT2D eigenvalue weighted by Crippen LogP contribution is 2.32. The van der Waals surface area contributed by atoms with Gasteiger partial charge in [0.15, 0.2) is 0 Å². The molecule has 1 aromatic heterocycles. The van der Waals surface area contributed by atoms with E-state index in [9.17, 15) is 0 Å². The molecule has 0 aliphatic carbocycles. The predicted molar refractivity (Wildman–Crippen MR) is 66.4 cm³/mol. The molecule has 1 nitrogen and oxygen atoms in total. The Bertz CT molecular complexity index is 471. The molecule has 2 aromatic rings. The van der Waals surface area contributed by atoms with Crippen LogP contribution < -0.4 is 0 Å². The average Bonchev–Trinajstić information content (AvgIpc) is 2.60. The second-order valence-corrected chi connectivity index (χ2v) is 4.77. The van der Waals surface area contributed by atoms with Gasteiger partial charge < -0.3 is 0 Å². The van der Waals surface area contributed by atoms with Crippen molar-refractivity contribution in [1.82, 2.24) is 4.98 Å². The molecule has 0 N–H and O–H groups in total. The quantitative estimate of drug-likeness (QED) is 0.741. The minimum atomic E-state index is 1.03. The Balaban J connectivity index is 2.54. The van der Waals surface area contributed by atoms with Gasteiger partial charge in [0.25, 0.3) is 0 Å². The van der Waals surface area contributed by atoms with Crippen LogP contribution in [0.2, 0.25) is 0 Å². The van der Waals surface area contributed by atoms with Gasteiger partial charge in [-0.1, -0.05) is 31.2 Å². The number of nitrogens with zero attached hydrogens (tertiary/aromatic N) is 1. The lowest BCUT2D eigenvalue weighted by Gasteiger charge is -2.02. The number of aromatic nitrogens is 1. The van der Waals surface area contributed by atoms with Crippen molar-refractivity contribution in [3.63, 3.8) is 0 Å². The van der Waals surface area contributed by atoms with Crippen LogP contribution in [0.5, 0.6) is 0 Å². The fraction of sp³-hybridized carbons (Fsp3) is 0.308. The van der Waals surface area contributed by atoms with Crippen LogP contribution in [-0.4, -0.2) is 4.98 Å². The lowest BCUT2D eigenvalue weighted by molar-refractivity contribution is 1.07. The summed E-state index contributed by atoms with van der Waals surface area (Å²) in [5.41, 5.74) is 3.81. The third-order valence-electron chi connectivity index (χ3n) is 2.53. The first-order chi connectivity index (χ1) is 7.22. The van der Waals surface area contributed by atoms with E-state index in [4.69, 9.17) is 0 Å². The van der Waals surface area contributed by atoms with E-state index in [0.717, 1.165) is 12.1 Å². The highest BCUT2D eigenvalue weighted by molar-refractivity contribution is 7.15. The summed E-state index contributed by atoms with van der Waals surface area (Å²) in [6.07, 6.45) is 1.03. The lowest BCUT2D eigenvalue weighted by atomic mass is 10.1. The van der Waals surface area contributed by atoms with E-state index in [1.165, 1.54) is 21.0 Å². The molecular weight excluding hydrogens is 202 g/mol. The van der Waals surface area contributed by atoms with Crippen molar-refractivity contribution in [2.24, 2.45) is 0 Å². The number of hydrogen-bond acceptors (Lipinski definition) is 2. The van der Waals surface area contributed by atoms with Crippen LogP contribution in [0, 0.1) is 13.8 Å². The Morgan fingerprint density at radius 2 is 1.93 bits per heavy atom. The van der Waals surface area contributed by atoms with E-state index in [1.807, 2.05) is 11.3 Å². The molecule has 0 spiro atoms. The van der Waals surface area contributed by atoms with Gasteiger partial charge >= 0.3 is 0 Å². The molecular formula is C13H15NS. The monoisotopic (exact) mass is 217 g/mol. The van der Waals surface area contributed by atoms with Gasteiger partial charge in [-0.05, 0) is 31.4 Å². The summed E-state index contributed by atoms with van der Waals surface area (Å²) >= 11 is 1.82. The van der Waals surface area contributed by atoms with Crippen LogP contribution in [0.15, 0.2) is 24.3 Å². The average molecular weight is 217 g/mol. The van der Waals surface area contributed by atoms with Crippen molar-refractivity contribution < 1.29 is 0 Å². The van der Waals surface area contributed by atoms with Crippen LogP contribution in [0.1, 0.15) is 23.2 Å². The minimum absolute atomic E-state index is 1.03. The molecule has 0 saturated heterocycles. The van der Waals surface area contributed by atoms with Gasteiger partial charge in [0.1, 0.15) is 0 Å². The molecule has 1 aromatic carbocycles. The van der Waals surface area contributed by atoms with Crippen molar-refractivity contribution in [3.05, 3.63) is 40.5 Å². The molecule has 15 heavy (non-hydrogen) atoms. The number of thiazole rings is 1. The zero-order valence-electron chi connectivity index (χ0n) is 9.37. The second kappa shape index (κ2) is 4.15. The fourth-order valence-electron chi connectivity index (χ4n) is 1.68. The summed E-state index contributed by atoms with van der Waals surface area (Å²) in [6.45, 7) is 6.40. The number of rotatable bonds is 2. The van der Waals surface area contributed by atoms with Gasteiger partial charge in [-0.15, -0.1) is 11.3 Å². The van der Waals surface area contributed by atoms with Gasteiger partial charge in [-0.3, -0.25) is 0 Å². The van der Waals surface area contributed by atoms with E-state index >= 15 is 0 Å². The SMILES string of the molecule is CCc1nc(C)c(-c2ccccc2C)s1. The maximum atomic E-state index is 4.57. The van der Waals surface area contributed by atoms with Crippen molar-refractivity contribution in [1.29, 1.82) is 0 Å². The van der Waals surface area contributed by atoms with E-state index in [1.54, 1.807) is 0 Å². The van der Waals surface area contributed by atoms with Crippen molar-refractivity contribution in [2.75, 3.05) is 0 Å². The van der Waals surface area contributed by atoms with Gasteiger partial charge in [0.05, 0.1) is 15.6 Å². The minimum Gasteiger partial charge on any atom is -0.246 e. The van der Waals surface area contributed by atoms with Crippen LogP contribution >= 0.6 is 11.3 Å². The molecule has 0 amide bonds. The van der Waals surface area contributed by atoms with Gasteiger partial charge in [-0.25, -0.2) is 4.98 Å². The summed E-state index contributed by atoms with van der Waals surface area (Å²) in [5, 5.41) is 1.23. The molecule has 78 valence electrons. The molecule has 1 heterocycles. The molecule has 0 aliphatic rings. The van der Waals surface area contributed by atoms with Crippen LogP contribution in [0.25, 0.3) is 10.4 Å². The first-order valence-corrected chi connectivity index (χ1v) is 6.06. The van der Waals surface area contributed by atoms with Gasteiger partial charge in [0.2, 0.25) is 0 Å². The number of hydrogen-bond donors (Lipinski definition) is 0. The summed E-state index contributed by atoms with van der Waals surface area (Å²) in [6, 6.07) is 8.50. The molecule has 0 saturated carbocycles. The Morgan fingerprint density at radius 3 is 2.53 bits per heavy atom. The largest absolute Gasteiger partial charge is 0.246 e. The summed E-state index contributed by atoms with van der Waals surface area (Å²) in [5.74, 6) is 0. The fourth-order valence-corrected chi connectivity index (χ4v) is 2.78. The van der Waals surface area contributed by atoms with Crippen molar-refractivity contribution in [2.45, 2.75) is 27.2 Å². The highest BCUT2D eigenvalue weighted by Gasteiger charge is 2.09. The highest BCUT2D eigenvalue weighted by atomic mass is 32.1. The third kappa shape index (κ3) is 1.95. The van der Waals surface area contributed by atoms with E-state index < -0.39 is 0 Å². The van der Waals surface area contributed by atoms with Crippen molar-refractivity contribution >= 4 is 11.3 Å². The Morgan fingerprint density at radius 1 is 1.20 bits per heavy atom. The Labute approximate surface area is 94.8 Å². The van der Waals surface area contributed by atoms with Gasteiger partial charge in [0, 0.05) is 0 Å². The normalized spacial score (nSPS) is 10.6. The third-order valence-corrected chi connectivity index (χ3v) is 3.87. The molecule has 2 rings (SSSR count).